The van der Waals surface area contributed by atoms with Gasteiger partial charge in [-0.3, -0.25) is 10.1 Å². The van der Waals surface area contributed by atoms with Crippen LogP contribution in [0.15, 0.2) is 21.4 Å². The molecule has 19 heavy (non-hydrogen) atoms. The molecular formula is C11H11BrN4O2S. The Bertz CT molecular complexity index is 602. The molecule has 0 aromatic carbocycles. The van der Waals surface area contributed by atoms with Crippen LogP contribution in [0.5, 0.6) is 0 Å². The number of thiophene rings is 1. The molecule has 0 aliphatic heterocycles. The second-order valence-electron chi connectivity index (χ2n) is 3.74. The van der Waals surface area contributed by atoms with Gasteiger partial charge in [-0.15, -0.1) is 0 Å². The van der Waals surface area contributed by atoms with E-state index < -0.39 is 4.92 Å². The first-order chi connectivity index (χ1) is 9.13. The Kier molecular flexibility index (Phi) is 4.43. The van der Waals surface area contributed by atoms with Crippen LogP contribution in [0.2, 0.25) is 0 Å². The zero-order valence-corrected chi connectivity index (χ0v) is 12.5. The molecule has 0 spiro atoms. The number of nitrogens with one attached hydrogen (secondary N) is 1. The molecule has 0 aliphatic carbocycles. The van der Waals surface area contributed by atoms with Gasteiger partial charge in [-0.25, -0.2) is 9.97 Å². The van der Waals surface area contributed by atoms with Crippen molar-refractivity contribution in [3.63, 3.8) is 0 Å². The van der Waals surface area contributed by atoms with Crippen LogP contribution in [-0.4, -0.2) is 21.4 Å². The Hall–Kier alpha value is -1.54. The van der Waals surface area contributed by atoms with Crippen LogP contribution in [0.1, 0.15) is 13.3 Å². The van der Waals surface area contributed by atoms with Crippen LogP contribution in [0.4, 0.5) is 11.6 Å². The van der Waals surface area contributed by atoms with Gasteiger partial charge in [0.05, 0.1) is 4.92 Å². The molecule has 8 heteroatoms. The molecule has 0 aliphatic rings. The van der Waals surface area contributed by atoms with E-state index in [1.165, 1.54) is 17.5 Å². The minimum atomic E-state index is -0.469. The Morgan fingerprint density at radius 1 is 1.53 bits per heavy atom. The van der Waals surface area contributed by atoms with Crippen LogP contribution < -0.4 is 5.32 Å². The Morgan fingerprint density at radius 2 is 2.32 bits per heavy atom. The van der Waals surface area contributed by atoms with Gasteiger partial charge in [0.1, 0.15) is 6.20 Å². The summed E-state index contributed by atoms with van der Waals surface area (Å²) in [4.78, 5) is 18.8. The van der Waals surface area contributed by atoms with Gasteiger partial charge >= 0.3 is 5.69 Å². The number of nitro groups is 1. The van der Waals surface area contributed by atoms with Crippen LogP contribution in [0.25, 0.3) is 11.3 Å². The standard InChI is InChI=1S/C11H11BrN4O2S/c1-2-3-13-11-14-4-9(16(17)18)10(15-11)7-5-19-6-8(7)12/h4-6H,2-3H2,1H3,(H,13,14,15). The third-order valence-corrected chi connectivity index (χ3v) is 4.07. The summed E-state index contributed by atoms with van der Waals surface area (Å²) in [5, 5.41) is 17.8. The fourth-order valence-electron chi connectivity index (χ4n) is 1.48. The Labute approximate surface area is 122 Å². The van der Waals surface area contributed by atoms with Crippen LogP contribution in [-0.2, 0) is 0 Å². The van der Waals surface area contributed by atoms with E-state index >= 15 is 0 Å². The van der Waals surface area contributed by atoms with Gasteiger partial charge in [-0.2, -0.15) is 11.3 Å². The maximum Gasteiger partial charge on any atom is 0.313 e. The SMILES string of the molecule is CCCNc1ncc([N+](=O)[O-])c(-c2cscc2Br)n1. The van der Waals surface area contributed by atoms with Gasteiger partial charge in [0.15, 0.2) is 5.69 Å². The lowest BCUT2D eigenvalue weighted by Gasteiger charge is -2.05. The molecule has 2 rings (SSSR count). The van der Waals surface area contributed by atoms with Gasteiger partial charge in [-0.1, -0.05) is 6.92 Å². The average Bonchev–Trinajstić information content (AvgIpc) is 2.82. The molecule has 2 aromatic heterocycles. The predicted molar refractivity (Wildman–Crippen MR) is 78.5 cm³/mol. The first-order valence-corrected chi connectivity index (χ1v) is 7.34. The van der Waals surface area contributed by atoms with Crippen molar-refractivity contribution in [1.82, 2.24) is 9.97 Å². The van der Waals surface area contributed by atoms with Gasteiger partial charge in [0, 0.05) is 27.3 Å². The first-order valence-electron chi connectivity index (χ1n) is 5.60. The van der Waals surface area contributed by atoms with E-state index in [2.05, 4.69) is 31.2 Å². The molecule has 0 radical (unpaired) electrons. The highest BCUT2D eigenvalue weighted by molar-refractivity contribution is 9.10. The van der Waals surface area contributed by atoms with E-state index in [0.29, 0.717) is 17.2 Å². The highest BCUT2D eigenvalue weighted by atomic mass is 79.9. The van der Waals surface area contributed by atoms with Crippen LogP contribution >= 0.6 is 27.3 Å². The molecule has 0 fully saturated rings. The fraction of sp³-hybridized carbons (Fsp3) is 0.273. The largest absolute Gasteiger partial charge is 0.354 e. The number of rotatable bonds is 5. The lowest BCUT2D eigenvalue weighted by molar-refractivity contribution is -0.384. The molecule has 0 saturated heterocycles. The zero-order valence-electron chi connectivity index (χ0n) is 10.1. The van der Waals surface area contributed by atoms with E-state index in [-0.39, 0.29) is 5.69 Å². The average molecular weight is 343 g/mol. The highest BCUT2D eigenvalue weighted by Gasteiger charge is 2.21. The summed E-state index contributed by atoms with van der Waals surface area (Å²) in [6.07, 6.45) is 2.17. The second kappa shape index (κ2) is 6.07. The molecule has 2 heterocycles. The minimum Gasteiger partial charge on any atom is -0.354 e. The van der Waals surface area contributed by atoms with Crippen molar-refractivity contribution in [2.24, 2.45) is 0 Å². The third kappa shape index (κ3) is 3.07. The monoisotopic (exact) mass is 342 g/mol. The molecule has 100 valence electrons. The van der Waals surface area contributed by atoms with Gasteiger partial charge < -0.3 is 5.32 Å². The molecule has 6 nitrogen and oxygen atoms in total. The topological polar surface area (TPSA) is 81.0 Å². The van der Waals surface area contributed by atoms with Crippen molar-refractivity contribution in [2.45, 2.75) is 13.3 Å². The van der Waals surface area contributed by atoms with Gasteiger partial charge in [0.2, 0.25) is 5.95 Å². The molecular weight excluding hydrogens is 332 g/mol. The van der Waals surface area contributed by atoms with E-state index in [1.54, 1.807) is 0 Å². The predicted octanol–water partition coefficient (Wildman–Crippen LogP) is 3.70. The molecule has 2 aromatic rings. The molecule has 0 bridgehead atoms. The summed E-state index contributed by atoms with van der Waals surface area (Å²) < 4.78 is 0.792. The first kappa shape index (κ1) is 13.9. The lowest BCUT2D eigenvalue weighted by Crippen LogP contribution is -2.06. The van der Waals surface area contributed by atoms with E-state index in [9.17, 15) is 10.1 Å². The fourth-order valence-corrected chi connectivity index (χ4v) is 2.95. The third-order valence-electron chi connectivity index (χ3n) is 2.37. The van der Waals surface area contributed by atoms with Gasteiger partial charge in [-0.05, 0) is 22.4 Å². The smallest absolute Gasteiger partial charge is 0.313 e. The summed E-state index contributed by atoms with van der Waals surface area (Å²) in [5.41, 5.74) is 0.937. The number of halogens is 1. The second-order valence-corrected chi connectivity index (χ2v) is 5.34. The quantitative estimate of drug-likeness (QED) is 0.661. The summed E-state index contributed by atoms with van der Waals surface area (Å²) in [7, 11) is 0. The molecule has 1 N–H and O–H groups in total. The summed E-state index contributed by atoms with van der Waals surface area (Å²) in [5.74, 6) is 0.403. The van der Waals surface area contributed by atoms with Crippen molar-refractivity contribution in [3.8, 4) is 11.3 Å². The lowest BCUT2D eigenvalue weighted by atomic mass is 10.2. The highest BCUT2D eigenvalue weighted by Crippen LogP contribution is 2.35. The van der Waals surface area contributed by atoms with Gasteiger partial charge in [0.25, 0.3) is 0 Å². The minimum absolute atomic E-state index is 0.0962. The molecule has 0 unspecified atom stereocenters. The maximum absolute atomic E-state index is 11.0. The Balaban J connectivity index is 2.48. The van der Waals surface area contributed by atoms with Crippen LogP contribution in [0, 0.1) is 10.1 Å². The van der Waals surface area contributed by atoms with Crippen LogP contribution in [0.3, 0.4) is 0 Å². The van der Waals surface area contributed by atoms with Crippen molar-refractivity contribution in [3.05, 3.63) is 31.5 Å². The maximum atomic E-state index is 11.0. The Morgan fingerprint density at radius 3 is 2.89 bits per heavy atom. The number of hydrogen-bond donors (Lipinski definition) is 1. The van der Waals surface area contributed by atoms with E-state index in [1.807, 2.05) is 17.7 Å². The zero-order chi connectivity index (χ0) is 13.8. The van der Waals surface area contributed by atoms with E-state index in [4.69, 9.17) is 0 Å². The number of anilines is 1. The normalized spacial score (nSPS) is 10.4. The number of hydrogen-bond acceptors (Lipinski definition) is 6. The molecule has 0 amide bonds. The summed E-state index contributed by atoms with van der Waals surface area (Å²) in [6.45, 7) is 2.75. The summed E-state index contributed by atoms with van der Waals surface area (Å²) in [6, 6.07) is 0. The van der Waals surface area contributed by atoms with Crippen molar-refractivity contribution >= 4 is 38.9 Å². The summed E-state index contributed by atoms with van der Waals surface area (Å²) >= 11 is 4.83. The van der Waals surface area contributed by atoms with Crippen molar-refractivity contribution < 1.29 is 4.92 Å². The van der Waals surface area contributed by atoms with Crippen molar-refractivity contribution in [1.29, 1.82) is 0 Å². The molecule has 0 atom stereocenters. The molecule has 0 saturated carbocycles. The van der Waals surface area contributed by atoms with E-state index in [0.717, 1.165) is 17.4 Å². The van der Waals surface area contributed by atoms with Crippen molar-refractivity contribution in [2.75, 3.05) is 11.9 Å². The number of nitrogens with zero attached hydrogens (tertiary/aromatic N) is 3. The number of aromatic nitrogens is 2.